The smallest absolute Gasteiger partial charge is 0.222 e. The first-order valence-electron chi connectivity index (χ1n) is 6.41. The summed E-state index contributed by atoms with van der Waals surface area (Å²) in [5, 5.41) is 3.26. The normalized spacial score (nSPS) is 17.1. The summed E-state index contributed by atoms with van der Waals surface area (Å²) in [6.07, 6.45) is 5.26. The molecule has 1 heterocycles. The number of ether oxygens (including phenoxy) is 1. The Hall–Kier alpha value is -0.870. The number of hydrogen-bond acceptors (Lipinski definition) is 3. The van der Waals surface area contributed by atoms with Crippen LogP contribution in [0.25, 0.3) is 0 Å². The van der Waals surface area contributed by atoms with Gasteiger partial charge in [-0.05, 0) is 26.3 Å². The molecule has 0 bridgehead atoms. The minimum absolute atomic E-state index is 0.266. The Labute approximate surface area is 104 Å². The Bertz CT molecular complexity index is 236. The SMILES string of the molecule is C=CCOCCCC(=O)N1CCC(NC)CC1. The number of likely N-dealkylation sites (tertiary alicyclic amines) is 1. The maximum absolute atomic E-state index is 11.9. The Morgan fingerprint density at radius 1 is 1.53 bits per heavy atom. The molecule has 0 aromatic rings. The summed E-state index contributed by atoms with van der Waals surface area (Å²) in [6, 6.07) is 0.579. The van der Waals surface area contributed by atoms with E-state index in [1.54, 1.807) is 6.08 Å². The molecule has 1 fully saturated rings. The lowest BCUT2D eigenvalue weighted by molar-refractivity contribution is -0.132. The highest BCUT2D eigenvalue weighted by molar-refractivity contribution is 5.76. The summed E-state index contributed by atoms with van der Waals surface area (Å²) >= 11 is 0. The summed E-state index contributed by atoms with van der Waals surface area (Å²) in [6.45, 7) is 6.56. The maximum atomic E-state index is 11.9. The highest BCUT2D eigenvalue weighted by atomic mass is 16.5. The molecule has 1 amide bonds. The van der Waals surface area contributed by atoms with Crippen LogP contribution in [-0.4, -0.2) is 50.2 Å². The summed E-state index contributed by atoms with van der Waals surface area (Å²) < 4.78 is 5.26. The number of amides is 1. The van der Waals surface area contributed by atoms with Crippen LogP contribution < -0.4 is 5.32 Å². The third-order valence-electron chi connectivity index (χ3n) is 3.17. The van der Waals surface area contributed by atoms with Crippen LogP contribution in [0.2, 0.25) is 0 Å². The molecule has 1 rings (SSSR count). The van der Waals surface area contributed by atoms with Crippen molar-refractivity contribution in [3.05, 3.63) is 12.7 Å². The molecule has 4 heteroatoms. The standard InChI is InChI=1S/C13H24N2O2/c1-3-10-17-11-4-5-13(16)15-8-6-12(14-2)7-9-15/h3,12,14H,1,4-11H2,2H3. The van der Waals surface area contributed by atoms with Gasteiger partial charge in [0.05, 0.1) is 6.61 Å². The van der Waals surface area contributed by atoms with Gasteiger partial charge in [-0.1, -0.05) is 6.08 Å². The van der Waals surface area contributed by atoms with Gasteiger partial charge in [0.25, 0.3) is 0 Å². The molecule has 0 aliphatic carbocycles. The van der Waals surface area contributed by atoms with Crippen LogP contribution in [0.15, 0.2) is 12.7 Å². The zero-order valence-electron chi connectivity index (χ0n) is 10.8. The predicted molar refractivity (Wildman–Crippen MR) is 68.9 cm³/mol. The van der Waals surface area contributed by atoms with Gasteiger partial charge in [-0.3, -0.25) is 4.79 Å². The second kappa shape index (κ2) is 8.25. The summed E-state index contributed by atoms with van der Waals surface area (Å²) in [5.74, 6) is 0.266. The zero-order chi connectivity index (χ0) is 12.5. The molecule has 0 radical (unpaired) electrons. The summed E-state index contributed by atoms with van der Waals surface area (Å²) in [5.41, 5.74) is 0. The Balaban J connectivity index is 2.09. The molecule has 4 nitrogen and oxygen atoms in total. The first kappa shape index (κ1) is 14.2. The van der Waals surface area contributed by atoms with Crippen LogP contribution in [0.5, 0.6) is 0 Å². The van der Waals surface area contributed by atoms with E-state index in [1.165, 1.54) is 0 Å². The Morgan fingerprint density at radius 2 is 2.24 bits per heavy atom. The molecule has 17 heavy (non-hydrogen) atoms. The van der Waals surface area contributed by atoms with Gasteiger partial charge >= 0.3 is 0 Å². The Morgan fingerprint density at radius 3 is 2.82 bits per heavy atom. The van der Waals surface area contributed by atoms with Gasteiger partial charge in [-0.2, -0.15) is 0 Å². The van der Waals surface area contributed by atoms with Crippen molar-refractivity contribution >= 4 is 5.91 Å². The van der Waals surface area contributed by atoms with Crippen LogP contribution in [-0.2, 0) is 9.53 Å². The van der Waals surface area contributed by atoms with E-state index in [0.717, 1.165) is 32.4 Å². The molecule has 0 unspecified atom stereocenters. The lowest BCUT2D eigenvalue weighted by atomic mass is 10.0. The zero-order valence-corrected chi connectivity index (χ0v) is 10.8. The van der Waals surface area contributed by atoms with E-state index in [-0.39, 0.29) is 5.91 Å². The third kappa shape index (κ3) is 5.33. The minimum Gasteiger partial charge on any atom is -0.377 e. The molecular formula is C13H24N2O2. The first-order chi connectivity index (χ1) is 8.27. The molecule has 0 spiro atoms. The fraction of sp³-hybridized carbons (Fsp3) is 0.769. The topological polar surface area (TPSA) is 41.6 Å². The average molecular weight is 240 g/mol. The van der Waals surface area contributed by atoms with Crippen LogP contribution in [0.4, 0.5) is 0 Å². The first-order valence-corrected chi connectivity index (χ1v) is 6.41. The predicted octanol–water partition coefficient (Wildman–Crippen LogP) is 1.18. The van der Waals surface area contributed by atoms with E-state index in [2.05, 4.69) is 11.9 Å². The van der Waals surface area contributed by atoms with Crippen LogP contribution >= 0.6 is 0 Å². The molecule has 0 aromatic heterocycles. The quantitative estimate of drug-likeness (QED) is 0.537. The molecule has 1 aliphatic rings. The highest BCUT2D eigenvalue weighted by Crippen LogP contribution is 2.11. The molecular weight excluding hydrogens is 216 g/mol. The van der Waals surface area contributed by atoms with Gasteiger partial charge in [0, 0.05) is 32.2 Å². The van der Waals surface area contributed by atoms with E-state index in [4.69, 9.17) is 4.74 Å². The fourth-order valence-electron chi connectivity index (χ4n) is 2.07. The number of nitrogens with one attached hydrogen (secondary N) is 1. The van der Waals surface area contributed by atoms with Crippen LogP contribution in [0, 0.1) is 0 Å². The van der Waals surface area contributed by atoms with Gasteiger partial charge in [0.1, 0.15) is 0 Å². The molecule has 0 saturated carbocycles. The molecule has 1 saturated heterocycles. The molecule has 0 atom stereocenters. The summed E-state index contributed by atoms with van der Waals surface area (Å²) in [4.78, 5) is 13.8. The fourth-order valence-corrected chi connectivity index (χ4v) is 2.07. The number of piperidine rings is 1. The van der Waals surface area contributed by atoms with Gasteiger partial charge in [-0.25, -0.2) is 0 Å². The van der Waals surface area contributed by atoms with E-state index >= 15 is 0 Å². The van der Waals surface area contributed by atoms with Crippen LogP contribution in [0.3, 0.4) is 0 Å². The Kier molecular flexibility index (Phi) is 6.89. The van der Waals surface area contributed by atoms with Gasteiger partial charge in [-0.15, -0.1) is 6.58 Å². The monoisotopic (exact) mass is 240 g/mol. The lowest BCUT2D eigenvalue weighted by Gasteiger charge is -2.31. The van der Waals surface area contributed by atoms with Crippen molar-refractivity contribution in [3.8, 4) is 0 Å². The number of carbonyl (C=O) groups excluding carboxylic acids is 1. The van der Waals surface area contributed by atoms with Crippen molar-refractivity contribution in [2.45, 2.75) is 31.7 Å². The third-order valence-corrected chi connectivity index (χ3v) is 3.17. The van der Waals surface area contributed by atoms with Crippen molar-refractivity contribution in [1.82, 2.24) is 10.2 Å². The number of carbonyl (C=O) groups is 1. The van der Waals surface area contributed by atoms with E-state index in [0.29, 0.717) is 25.7 Å². The van der Waals surface area contributed by atoms with Crippen molar-refractivity contribution in [2.24, 2.45) is 0 Å². The van der Waals surface area contributed by atoms with Crippen molar-refractivity contribution in [3.63, 3.8) is 0 Å². The maximum Gasteiger partial charge on any atom is 0.222 e. The molecule has 98 valence electrons. The van der Waals surface area contributed by atoms with Gasteiger partial charge < -0.3 is 15.0 Å². The largest absolute Gasteiger partial charge is 0.377 e. The van der Waals surface area contributed by atoms with Gasteiger partial charge in [0.15, 0.2) is 0 Å². The van der Waals surface area contributed by atoms with Crippen molar-refractivity contribution in [1.29, 1.82) is 0 Å². The highest BCUT2D eigenvalue weighted by Gasteiger charge is 2.20. The average Bonchev–Trinajstić information content (AvgIpc) is 2.38. The van der Waals surface area contributed by atoms with Crippen LogP contribution in [0.1, 0.15) is 25.7 Å². The lowest BCUT2D eigenvalue weighted by Crippen LogP contribution is -2.43. The van der Waals surface area contributed by atoms with E-state index < -0.39 is 0 Å². The number of rotatable bonds is 7. The molecule has 1 aliphatic heterocycles. The number of nitrogens with zero attached hydrogens (tertiary/aromatic N) is 1. The second-order valence-electron chi connectivity index (χ2n) is 4.41. The minimum atomic E-state index is 0.266. The number of hydrogen-bond donors (Lipinski definition) is 1. The summed E-state index contributed by atoms with van der Waals surface area (Å²) in [7, 11) is 1.99. The van der Waals surface area contributed by atoms with E-state index in [9.17, 15) is 4.79 Å². The van der Waals surface area contributed by atoms with E-state index in [1.807, 2.05) is 11.9 Å². The van der Waals surface area contributed by atoms with Crippen molar-refractivity contribution < 1.29 is 9.53 Å². The van der Waals surface area contributed by atoms with Crippen molar-refractivity contribution in [2.75, 3.05) is 33.4 Å². The molecule has 0 aromatic carbocycles. The molecule has 1 N–H and O–H groups in total. The second-order valence-corrected chi connectivity index (χ2v) is 4.41. The van der Waals surface area contributed by atoms with Gasteiger partial charge in [0.2, 0.25) is 5.91 Å².